The quantitative estimate of drug-likeness (QED) is 0.359. The Labute approximate surface area is 167 Å². The Morgan fingerprint density at radius 2 is 2.14 bits per heavy atom. The van der Waals surface area contributed by atoms with Gasteiger partial charge in [0.15, 0.2) is 0 Å². The van der Waals surface area contributed by atoms with Crippen LogP contribution >= 0.6 is 0 Å². The van der Waals surface area contributed by atoms with Crippen LogP contribution in [0.15, 0.2) is 28.4 Å². The minimum absolute atomic E-state index is 0.0978. The van der Waals surface area contributed by atoms with Crippen LogP contribution in [0.2, 0.25) is 0 Å². The summed E-state index contributed by atoms with van der Waals surface area (Å²) in [4.78, 5) is 7.34. The predicted molar refractivity (Wildman–Crippen MR) is 111 cm³/mol. The van der Waals surface area contributed by atoms with Crippen LogP contribution in [-0.2, 0) is 4.84 Å². The van der Waals surface area contributed by atoms with E-state index in [9.17, 15) is 5.11 Å². The van der Waals surface area contributed by atoms with Crippen LogP contribution in [-0.4, -0.2) is 53.5 Å². The number of aliphatic hydroxyl groups is 1. The van der Waals surface area contributed by atoms with Crippen molar-refractivity contribution in [2.45, 2.75) is 64.5 Å². The molecule has 6 N–H and O–H groups in total. The zero-order valence-corrected chi connectivity index (χ0v) is 17.0. The molecule has 1 saturated carbocycles. The average molecular weight is 391 g/mol. The summed E-state index contributed by atoms with van der Waals surface area (Å²) in [6.07, 6.45) is 9.02. The SMILES string of the molecule is CC1=NO/C(=C(\C=C(\C)N)C(=N)N2CCC(NC3CCCCC3)C(CO)C2)N1. The van der Waals surface area contributed by atoms with E-state index >= 15 is 0 Å². The highest BCUT2D eigenvalue weighted by Gasteiger charge is 2.33. The second-order valence-corrected chi connectivity index (χ2v) is 8.16. The minimum Gasteiger partial charge on any atom is -0.402 e. The second-order valence-electron chi connectivity index (χ2n) is 8.16. The second kappa shape index (κ2) is 9.43. The lowest BCUT2D eigenvalue weighted by atomic mass is 9.88. The van der Waals surface area contributed by atoms with Gasteiger partial charge in [-0.15, -0.1) is 0 Å². The van der Waals surface area contributed by atoms with E-state index in [2.05, 4.69) is 15.8 Å². The van der Waals surface area contributed by atoms with Gasteiger partial charge in [-0.25, -0.2) is 0 Å². The van der Waals surface area contributed by atoms with Gasteiger partial charge < -0.3 is 31.2 Å². The van der Waals surface area contributed by atoms with Crippen molar-refractivity contribution in [2.75, 3.05) is 19.7 Å². The van der Waals surface area contributed by atoms with Gasteiger partial charge in [-0.2, -0.15) is 0 Å². The Bertz CT molecular complexity index is 662. The fourth-order valence-corrected chi connectivity index (χ4v) is 4.29. The Hall–Kier alpha value is -2.06. The molecule has 0 radical (unpaired) electrons. The first-order valence-electron chi connectivity index (χ1n) is 10.4. The molecule has 1 aliphatic carbocycles. The van der Waals surface area contributed by atoms with Crippen molar-refractivity contribution in [1.82, 2.24) is 15.5 Å². The van der Waals surface area contributed by atoms with Gasteiger partial charge in [0.1, 0.15) is 11.7 Å². The Morgan fingerprint density at radius 3 is 2.75 bits per heavy atom. The molecule has 28 heavy (non-hydrogen) atoms. The summed E-state index contributed by atoms with van der Waals surface area (Å²) >= 11 is 0. The van der Waals surface area contributed by atoms with Crippen molar-refractivity contribution in [3.63, 3.8) is 0 Å². The Morgan fingerprint density at radius 1 is 1.39 bits per heavy atom. The molecule has 0 aromatic heterocycles. The van der Waals surface area contributed by atoms with Crippen molar-refractivity contribution < 1.29 is 9.94 Å². The molecule has 2 atom stereocenters. The van der Waals surface area contributed by atoms with Crippen molar-refractivity contribution in [1.29, 1.82) is 5.41 Å². The molecule has 8 nitrogen and oxygen atoms in total. The van der Waals surface area contributed by atoms with Crippen LogP contribution in [0.5, 0.6) is 0 Å². The molecule has 0 aromatic carbocycles. The van der Waals surface area contributed by atoms with E-state index in [4.69, 9.17) is 16.0 Å². The smallest absolute Gasteiger partial charge is 0.239 e. The number of aliphatic hydroxyl groups excluding tert-OH is 1. The summed E-state index contributed by atoms with van der Waals surface area (Å²) in [6.45, 7) is 5.09. The predicted octanol–water partition coefficient (Wildman–Crippen LogP) is 1.60. The zero-order chi connectivity index (χ0) is 20.1. The van der Waals surface area contributed by atoms with E-state index in [1.54, 1.807) is 19.9 Å². The van der Waals surface area contributed by atoms with Gasteiger partial charge in [0.05, 0.1) is 5.57 Å². The molecule has 0 spiro atoms. The first-order chi connectivity index (χ1) is 13.5. The molecule has 156 valence electrons. The van der Waals surface area contributed by atoms with Gasteiger partial charge in [0.2, 0.25) is 5.88 Å². The maximum atomic E-state index is 9.98. The number of allylic oxidation sites excluding steroid dienone is 1. The lowest BCUT2D eigenvalue weighted by molar-refractivity contribution is 0.114. The highest BCUT2D eigenvalue weighted by molar-refractivity contribution is 6.00. The van der Waals surface area contributed by atoms with Crippen molar-refractivity contribution >= 4 is 11.7 Å². The molecular weight excluding hydrogens is 356 g/mol. The van der Waals surface area contributed by atoms with Crippen LogP contribution in [0.4, 0.5) is 0 Å². The standard InChI is InChI=1S/C20H34N6O2/c1-13(21)10-17(20-23-14(2)25-28-20)19(22)26-9-8-18(15(11-26)12-27)24-16-6-4-3-5-7-16/h10,15-16,18,22,24,27H,3-9,11-12,21H2,1-2H3,(H,23,25)/b13-10-,20-17+,22-19?. The number of piperidine rings is 1. The molecule has 2 fully saturated rings. The summed E-state index contributed by atoms with van der Waals surface area (Å²) in [5, 5.41) is 29.5. The first-order valence-corrected chi connectivity index (χ1v) is 10.4. The average Bonchev–Trinajstić information content (AvgIpc) is 3.12. The van der Waals surface area contributed by atoms with Crippen molar-refractivity contribution in [2.24, 2.45) is 16.8 Å². The molecule has 3 rings (SSSR count). The zero-order valence-electron chi connectivity index (χ0n) is 17.0. The topological polar surface area (TPSA) is 119 Å². The number of rotatable bonds is 5. The van der Waals surface area contributed by atoms with Crippen LogP contribution < -0.4 is 16.4 Å². The molecule has 0 bridgehead atoms. The number of likely N-dealkylation sites (tertiary alicyclic amines) is 1. The van der Waals surface area contributed by atoms with Crippen LogP contribution in [0.1, 0.15) is 52.4 Å². The third kappa shape index (κ3) is 5.05. The van der Waals surface area contributed by atoms with Crippen LogP contribution in [0.3, 0.4) is 0 Å². The number of nitrogens with one attached hydrogen (secondary N) is 3. The fraction of sp³-hybridized carbons (Fsp3) is 0.700. The summed E-state index contributed by atoms with van der Waals surface area (Å²) in [5.41, 5.74) is 7.06. The summed E-state index contributed by atoms with van der Waals surface area (Å²) in [5.74, 6) is 1.51. The molecule has 0 aromatic rings. The molecule has 1 saturated heterocycles. The monoisotopic (exact) mass is 390 g/mol. The molecule has 8 heteroatoms. The number of amidine groups is 2. The summed E-state index contributed by atoms with van der Waals surface area (Å²) in [7, 11) is 0. The third-order valence-electron chi connectivity index (χ3n) is 5.78. The molecule has 0 amide bonds. The lowest BCUT2D eigenvalue weighted by Crippen LogP contribution is -2.54. The van der Waals surface area contributed by atoms with Crippen LogP contribution in [0, 0.1) is 11.3 Å². The van der Waals surface area contributed by atoms with Gasteiger partial charge in [0.25, 0.3) is 0 Å². The van der Waals surface area contributed by atoms with Crippen LogP contribution in [0.25, 0.3) is 0 Å². The van der Waals surface area contributed by atoms with E-state index in [-0.39, 0.29) is 12.5 Å². The first kappa shape index (κ1) is 20.7. The fourth-order valence-electron chi connectivity index (χ4n) is 4.29. The minimum atomic E-state index is 0.0978. The Balaban J connectivity index is 1.68. The van der Waals surface area contributed by atoms with E-state index in [1.807, 2.05) is 4.90 Å². The number of hydrogen-bond acceptors (Lipinski definition) is 7. The molecule has 2 unspecified atom stereocenters. The summed E-state index contributed by atoms with van der Waals surface area (Å²) in [6, 6.07) is 0.863. The highest BCUT2D eigenvalue weighted by Crippen LogP contribution is 2.25. The van der Waals surface area contributed by atoms with E-state index in [0.717, 1.165) is 13.0 Å². The number of nitrogens with zero attached hydrogens (tertiary/aromatic N) is 2. The van der Waals surface area contributed by atoms with E-state index in [1.165, 1.54) is 32.1 Å². The maximum Gasteiger partial charge on any atom is 0.239 e. The maximum absolute atomic E-state index is 9.98. The van der Waals surface area contributed by atoms with Gasteiger partial charge in [-0.05, 0) is 39.2 Å². The van der Waals surface area contributed by atoms with Crippen molar-refractivity contribution in [3.8, 4) is 0 Å². The molecule has 3 aliphatic rings. The third-order valence-corrected chi connectivity index (χ3v) is 5.78. The lowest BCUT2D eigenvalue weighted by Gasteiger charge is -2.41. The number of hydrogen-bond donors (Lipinski definition) is 5. The Kier molecular flexibility index (Phi) is 6.96. The van der Waals surface area contributed by atoms with Gasteiger partial charge in [0, 0.05) is 43.4 Å². The molecule has 2 heterocycles. The number of oxime groups is 1. The van der Waals surface area contributed by atoms with Gasteiger partial charge >= 0.3 is 0 Å². The molecular formula is C20H34N6O2. The van der Waals surface area contributed by atoms with E-state index in [0.29, 0.717) is 47.5 Å². The van der Waals surface area contributed by atoms with Crippen molar-refractivity contribution in [3.05, 3.63) is 23.2 Å². The summed E-state index contributed by atoms with van der Waals surface area (Å²) < 4.78 is 0. The largest absolute Gasteiger partial charge is 0.402 e. The molecule has 2 aliphatic heterocycles. The normalized spacial score (nSPS) is 28.5. The van der Waals surface area contributed by atoms with Gasteiger partial charge in [-0.1, -0.05) is 24.4 Å². The number of nitrogens with two attached hydrogens (primary N) is 1. The van der Waals surface area contributed by atoms with Gasteiger partial charge in [-0.3, -0.25) is 5.41 Å². The van der Waals surface area contributed by atoms with E-state index < -0.39 is 0 Å². The highest BCUT2D eigenvalue weighted by atomic mass is 16.7.